The second-order valence-corrected chi connectivity index (χ2v) is 11.6. The van der Waals surface area contributed by atoms with Crippen molar-refractivity contribution in [2.45, 2.75) is 58.1 Å². The molecule has 0 spiro atoms. The van der Waals surface area contributed by atoms with Crippen LogP contribution in [-0.2, 0) is 9.53 Å². The van der Waals surface area contributed by atoms with Gasteiger partial charge in [0.25, 0.3) is 0 Å². The van der Waals surface area contributed by atoms with Crippen LogP contribution >= 0.6 is 11.6 Å². The molecule has 0 aliphatic carbocycles. The SMILES string of the molecule is Cc1cnc2[nH]ncc2c1N1CCN(C(=O)C(c2ccc(Cl)cc2)C2CCCN2C(=O)OC(C)(C)C)CC1. The van der Waals surface area contributed by atoms with Gasteiger partial charge in [0, 0.05) is 43.9 Å². The number of ether oxygens (including phenoxy) is 1. The summed E-state index contributed by atoms with van der Waals surface area (Å²) < 4.78 is 5.71. The van der Waals surface area contributed by atoms with Crippen LogP contribution in [0.25, 0.3) is 11.0 Å². The Balaban J connectivity index is 1.38. The van der Waals surface area contributed by atoms with Gasteiger partial charge in [-0.1, -0.05) is 23.7 Å². The molecule has 4 heterocycles. The maximum atomic E-state index is 14.2. The van der Waals surface area contributed by atoms with Crippen LogP contribution in [0.1, 0.15) is 50.7 Å². The van der Waals surface area contributed by atoms with Crippen LogP contribution in [0, 0.1) is 6.92 Å². The smallest absolute Gasteiger partial charge is 0.410 e. The fourth-order valence-corrected chi connectivity index (χ4v) is 5.76. The second kappa shape index (κ2) is 10.4. The van der Waals surface area contributed by atoms with Gasteiger partial charge >= 0.3 is 6.09 Å². The summed E-state index contributed by atoms with van der Waals surface area (Å²) in [4.78, 5) is 37.7. The summed E-state index contributed by atoms with van der Waals surface area (Å²) in [5.41, 5.74) is 3.21. The minimum atomic E-state index is -0.605. The van der Waals surface area contributed by atoms with Crippen molar-refractivity contribution in [3.8, 4) is 0 Å². The lowest BCUT2D eigenvalue weighted by Crippen LogP contribution is -2.53. The van der Waals surface area contributed by atoms with E-state index in [2.05, 4.69) is 20.1 Å². The fraction of sp³-hybridized carbons (Fsp3) is 0.500. The number of pyridine rings is 1. The molecule has 3 aromatic rings. The number of H-pyrrole nitrogens is 1. The molecule has 38 heavy (non-hydrogen) atoms. The lowest BCUT2D eigenvalue weighted by Gasteiger charge is -2.40. The number of rotatable bonds is 4. The molecule has 2 aromatic heterocycles. The van der Waals surface area contributed by atoms with Crippen LogP contribution in [0.15, 0.2) is 36.7 Å². The molecular weight excluding hydrogens is 504 g/mol. The first-order valence-corrected chi connectivity index (χ1v) is 13.6. The first kappa shape index (κ1) is 26.3. The maximum absolute atomic E-state index is 14.2. The molecule has 2 saturated heterocycles. The number of aryl methyl sites for hydroxylation is 1. The van der Waals surface area contributed by atoms with Crippen LogP contribution in [0.3, 0.4) is 0 Å². The molecule has 1 aromatic carbocycles. The van der Waals surface area contributed by atoms with Crippen molar-refractivity contribution < 1.29 is 14.3 Å². The maximum Gasteiger partial charge on any atom is 0.410 e. The predicted molar refractivity (Wildman–Crippen MR) is 148 cm³/mol. The Morgan fingerprint density at radius 3 is 2.47 bits per heavy atom. The largest absolute Gasteiger partial charge is 0.444 e. The van der Waals surface area contributed by atoms with E-state index in [0.29, 0.717) is 37.7 Å². The number of likely N-dealkylation sites (tertiary alicyclic amines) is 1. The first-order valence-electron chi connectivity index (χ1n) is 13.2. The Morgan fingerprint density at radius 1 is 1.08 bits per heavy atom. The van der Waals surface area contributed by atoms with Crippen molar-refractivity contribution in [3.05, 3.63) is 52.8 Å². The van der Waals surface area contributed by atoms with E-state index < -0.39 is 11.5 Å². The average Bonchev–Trinajstić information content (AvgIpc) is 3.54. The van der Waals surface area contributed by atoms with Crippen LogP contribution in [0.4, 0.5) is 10.5 Å². The van der Waals surface area contributed by atoms with Crippen molar-refractivity contribution in [2.75, 3.05) is 37.6 Å². The van der Waals surface area contributed by atoms with Crippen LogP contribution in [-0.4, -0.2) is 81.3 Å². The summed E-state index contributed by atoms with van der Waals surface area (Å²) in [6, 6.07) is 7.16. The third kappa shape index (κ3) is 5.29. The van der Waals surface area contributed by atoms with Gasteiger partial charge in [-0.2, -0.15) is 5.10 Å². The number of carbonyl (C=O) groups is 2. The molecule has 1 N–H and O–H groups in total. The van der Waals surface area contributed by atoms with Crippen molar-refractivity contribution in [3.63, 3.8) is 0 Å². The van der Waals surface area contributed by atoms with Crippen molar-refractivity contribution in [1.29, 1.82) is 0 Å². The summed E-state index contributed by atoms with van der Waals surface area (Å²) in [5, 5.41) is 8.71. The van der Waals surface area contributed by atoms with Gasteiger partial charge in [0.15, 0.2) is 5.65 Å². The number of nitrogens with zero attached hydrogens (tertiary/aromatic N) is 5. The van der Waals surface area contributed by atoms with Gasteiger partial charge in [0.1, 0.15) is 5.60 Å². The molecule has 0 radical (unpaired) electrons. The highest BCUT2D eigenvalue weighted by Gasteiger charge is 2.43. The van der Waals surface area contributed by atoms with Gasteiger partial charge < -0.3 is 19.4 Å². The number of amides is 2. The number of hydrogen-bond donors (Lipinski definition) is 1. The Morgan fingerprint density at radius 2 is 1.79 bits per heavy atom. The first-order chi connectivity index (χ1) is 18.1. The highest BCUT2D eigenvalue weighted by Crippen LogP contribution is 2.35. The van der Waals surface area contributed by atoms with Crippen LogP contribution in [0.5, 0.6) is 0 Å². The van der Waals surface area contributed by atoms with E-state index in [9.17, 15) is 9.59 Å². The van der Waals surface area contributed by atoms with Crippen LogP contribution < -0.4 is 4.90 Å². The van der Waals surface area contributed by atoms with Gasteiger partial charge in [0.05, 0.1) is 29.2 Å². The number of fused-ring (bicyclic) bond motifs is 1. The number of benzene rings is 1. The zero-order valence-electron chi connectivity index (χ0n) is 22.4. The van der Waals surface area contributed by atoms with Gasteiger partial charge in [-0.05, 0) is 63.8 Å². The third-order valence-electron chi connectivity index (χ3n) is 7.35. The zero-order chi connectivity index (χ0) is 27.0. The highest BCUT2D eigenvalue weighted by molar-refractivity contribution is 6.30. The highest BCUT2D eigenvalue weighted by atomic mass is 35.5. The molecular formula is C28H35ClN6O3. The van der Waals surface area contributed by atoms with E-state index >= 15 is 0 Å². The normalized spacial score (nSPS) is 19.2. The molecule has 5 rings (SSSR count). The van der Waals surface area contributed by atoms with Crippen molar-refractivity contribution >= 4 is 40.3 Å². The van der Waals surface area contributed by atoms with Crippen molar-refractivity contribution in [2.24, 2.45) is 0 Å². The van der Waals surface area contributed by atoms with E-state index in [1.165, 1.54) is 0 Å². The Labute approximate surface area is 228 Å². The van der Waals surface area contributed by atoms with E-state index in [4.69, 9.17) is 16.3 Å². The van der Waals surface area contributed by atoms with E-state index in [1.54, 1.807) is 4.90 Å². The van der Waals surface area contributed by atoms with Gasteiger partial charge in [-0.15, -0.1) is 0 Å². The number of aromatic nitrogens is 3. The number of anilines is 1. The molecule has 2 unspecified atom stereocenters. The minimum absolute atomic E-state index is 0.0346. The molecule has 2 aliphatic rings. The summed E-state index contributed by atoms with van der Waals surface area (Å²) in [6.45, 7) is 10.8. The Hall–Kier alpha value is -3.33. The topological polar surface area (TPSA) is 94.7 Å². The molecule has 10 heteroatoms. The molecule has 0 saturated carbocycles. The third-order valence-corrected chi connectivity index (χ3v) is 7.60. The van der Waals surface area contributed by atoms with E-state index in [0.717, 1.165) is 40.7 Å². The number of hydrogen-bond acceptors (Lipinski definition) is 6. The summed E-state index contributed by atoms with van der Waals surface area (Å²) in [7, 11) is 0. The van der Waals surface area contributed by atoms with Gasteiger partial charge in [-0.3, -0.25) is 9.89 Å². The van der Waals surface area contributed by atoms with Crippen LogP contribution in [0.2, 0.25) is 5.02 Å². The second-order valence-electron chi connectivity index (χ2n) is 11.1. The molecule has 0 bridgehead atoms. The molecule has 2 aliphatic heterocycles. The average molecular weight is 539 g/mol. The summed E-state index contributed by atoms with van der Waals surface area (Å²) in [6.07, 6.45) is 4.87. The quantitative estimate of drug-likeness (QED) is 0.515. The molecule has 2 atom stereocenters. The number of piperazine rings is 1. The monoisotopic (exact) mass is 538 g/mol. The number of nitrogens with one attached hydrogen (secondary N) is 1. The lowest BCUT2D eigenvalue weighted by molar-refractivity contribution is -0.134. The zero-order valence-corrected chi connectivity index (χ0v) is 23.2. The number of aromatic amines is 1. The predicted octanol–water partition coefficient (Wildman–Crippen LogP) is 4.75. The minimum Gasteiger partial charge on any atom is -0.444 e. The number of halogens is 1. The lowest BCUT2D eigenvalue weighted by atomic mass is 9.88. The molecule has 202 valence electrons. The molecule has 2 amide bonds. The van der Waals surface area contributed by atoms with E-state index in [1.807, 2.05) is 69.3 Å². The summed E-state index contributed by atoms with van der Waals surface area (Å²) in [5.74, 6) is -0.454. The summed E-state index contributed by atoms with van der Waals surface area (Å²) >= 11 is 6.18. The van der Waals surface area contributed by atoms with Gasteiger partial charge in [0.2, 0.25) is 5.91 Å². The van der Waals surface area contributed by atoms with Gasteiger partial charge in [-0.25, -0.2) is 9.78 Å². The van der Waals surface area contributed by atoms with E-state index in [-0.39, 0.29) is 18.0 Å². The Bertz CT molecular complexity index is 1310. The molecule has 9 nitrogen and oxygen atoms in total. The number of carbonyl (C=O) groups excluding carboxylic acids is 2. The molecule has 2 fully saturated rings. The van der Waals surface area contributed by atoms with Crippen molar-refractivity contribution in [1.82, 2.24) is 25.0 Å². The fourth-order valence-electron chi connectivity index (χ4n) is 5.64. The Kier molecular flexibility index (Phi) is 7.22. The standard InChI is InChI=1S/C28H35ClN6O3/c1-18-16-30-25-21(17-31-32-25)24(18)33-12-14-34(15-13-33)26(36)23(19-7-9-20(29)10-8-19)22-6-5-11-35(22)27(37)38-28(2,3)4/h7-10,16-17,22-23H,5-6,11-15H2,1-4H3,(H,30,31,32).